The van der Waals surface area contributed by atoms with Gasteiger partial charge in [0, 0.05) is 38.2 Å². The Labute approximate surface area is 176 Å². The second-order valence-corrected chi connectivity index (χ2v) is 7.67. The standard InChI is InChI=1S/C20H20N4O7/c25-15-4-3-14(17(28)21-15)24-19(30)12-2-1-11(9-13(12)20(24)31)18(29)23-7-5-22(6-8-23)10-16(26)27/h1-2,9,14H,3-8,10H2,(H,26,27)(H,21,25,28). The van der Waals surface area contributed by atoms with Crippen molar-refractivity contribution < 1.29 is 33.9 Å². The Morgan fingerprint density at radius 3 is 2.32 bits per heavy atom. The summed E-state index contributed by atoms with van der Waals surface area (Å²) in [4.78, 5) is 76.9. The van der Waals surface area contributed by atoms with Gasteiger partial charge in [0.25, 0.3) is 17.7 Å². The largest absolute Gasteiger partial charge is 0.480 e. The minimum atomic E-state index is -1.06. The van der Waals surface area contributed by atoms with Crippen molar-refractivity contribution in [2.24, 2.45) is 0 Å². The van der Waals surface area contributed by atoms with Gasteiger partial charge in [-0.05, 0) is 24.6 Å². The zero-order chi connectivity index (χ0) is 22.3. The minimum Gasteiger partial charge on any atom is -0.480 e. The van der Waals surface area contributed by atoms with E-state index in [9.17, 15) is 28.8 Å². The molecule has 2 fully saturated rings. The molecule has 0 bridgehead atoms. The molecule has 1 atom stereocenters. The van der Waals surface area contributed by atoms with Crippen LogP contribution in [-0.4, -0.2) is 94.1 Å². The molecule has 0 spiro atoms. The van der Waals surface area contributed by atoms with E-state index in [1.807, 2.05) is 0 Å². The molecule has 5 amide bonds. The Morgan fingerprint density at radius 2 is 1.68 bits per heavy atom. The Morgan fingerprint density at radius 1 is 1.00 bits per heavy atom. The van der Waals surface area contributed by atoms with Crippen LogP contribution in [0.3, 0.4) is 0 Å². The summed E-state index contributed by atoms with van der Waals surface area (Å²) < 4.78 is 0. The fourth-order valence-electron chi connectivity index (χ4n) is 4.09. The molecule has 3 aliphatic rings. The molecular weight excluding hydrogens is 408 g/mol. The molecule has 162 valence electrons. The topological polar surface area (TPSA) is 144 Å². The average molecular weight is 428 g/mol. The number of carboxylic acids is 1. The molecule has 11 heteroatoms. The molecule has 4 rings (SSSR count). The van der Waals surface area contributed by atoms with Crippen LogP contribution >= 0.6 is 0 Å². The van der Waals surface area contributed by atoms with Crippen LogP contribution in [0.15, 0.2) is 18.2 Å². The molecule has 31 heavy (non-hydrogen) atoms. The number of nitrogens with one attached hydrogen (secondary N) is 1. The van der Waals surface area contributed by atoms with E-state index in [-0.39, 0.29) is 42.0 Å². The van der Waals surface area contributed by atoms with Crippen molar-refractivity contribution in [3.05, 3.63) is 34.9 Å². The lowest BCUT2D eigenvalue weighted by Crippen LogP contribution is -2.54. The van der Waals surface area contributed by atoms with Crippen molar-refractivity contribution in [1.82, 2.24) is 20.0 Å². The molecule has 0 radical (unpaired) electrons. The van der Waals surface area contributed by atoms with E-state index in [1.165, 1.54) is 18.2 Å². The number of carbonyl (C=O) groups excluding carboxylic acids is 5. The molecule has 0 aromatic heterocycles. The van der Waals surface area contributed by atoms with Crippen LogP contribution in [0.25, 0.3) is 0 Å². The summed E-state index contributed by atoms with van der Waals surface area (Å²) in [7, 11) is 0. The van der Waals surface area contributed by atoms with Crippen molar-refractivity contribution in [2.45, 2.75) is 18.9 Å². The van der Waals surface area contributed by atoms with Crippen molar-refractivity contribution in [2.75, 3.05) is 32.7 Å². The van der Waals surface area contributed by atoms with Crippen LogP contribution in [-0.2, 0) is 14.4 Å². The Kier molecular flexibility index (Phi) is 5.27. The number of aliphatic carboxylic acids is 1. The van der Waals surface area contributed by atoms with Crippen molar-refractivity contribution in [3.8, 4) is 0 Å². The Bertz CT molecular complexity index is 1010. The first-order valence-electron chi connectivity index (χ1n) is 9.85. The highest BCUT2D eigenvalue weighted by Gasteiger charge is 2.44. The number of fused-ring (bicyclic) bond motifs is 1. The van der Waals surface area contributed by atoms with Crippen LogP contribution in [0.4, 0.5) is 0 Å². The van der Waals surface area contributed by atoms with Gasteiger partial charge in [0.15, 0.2) is 0 Å². The van der Waals surface area contributed by atoms with Crippen LogP contribution in [0.2, 0.25) is 0 Å². The van der Waals surface area contributed by atoms with Gasteiger partial charge in [-0.25, -0.2) is 0 Å². The minimum absolute atomic E-state index is 0.0292. The first-order valence-corrected chi connectivity index (χ1v) is 9.85. The third kappa shape index (κ3) is 3.79. The highest BCUT2D eigenvalue weighted by Crippen LogP contribution is 2.28. The van der Waals surface area contributed by atoms with Crippen molar-refractivity contribution in [3.63, 3.8) is 0 Å². The van der Waals surface area contributed by atoms with Gasteiger partial charge in [-0.3, -0.25) is 43.9 Å². The molecule has 11 nitrogen and oxygen atoms in total. The third-order valence-corrected chi connectivity index (χ3v) is 5.71. The molecule has 0 aliphatic carbocycles. The van der Waals surface area contributed by atoms with Gasteiger partial charge in [-0.1, -0.05) is 0 Å². The maximum Gasteiger partial charge on any atom is 0.317 e. The maximum atomic E-state index is 12.9. The number of carboxylic acid groups (broad SMARTS) is 1. The van der Waals surface area contributed by atoms with Gasteiger partial charge in [0.2, 0.25) is 11.8 Å². The smallest absolute Gasteiger partial charge is 0.317 e. The summed E-state index contributed by atoms with van der Waals surface area (Å²) in [5.74, 6) is -3.69. The van der Waals surface area contributed by atoms with Crippen molar-refractivity contribution in [1.29, 1.82) is 0 Å². The van der Waals surface area contributed by atoms with E-state index in [4.69, 9.17) is 5.11 Å². The van der Waals surface area contributed by atoms with E-state index < -0.39 is 35.6 Å². The number of nitrogens with zero attached hydrogens (tertiary/aromatic N) is 3. The summed E-state index contributed by atoms with van der Waals surface area (Å²) in [6.07, 6.45) is 0.0872. The normalized spacial score (nSPS) is 21.9. The molecule has 1 aromatic carbocycles. The second kappa shape index (κ2) is 7.91. The number of imide groups is 2. The fourth-order valence-corrected chi connectivity index (χ4v) is 4.09. The molecule has 3 aliphatic heterocycles. The maximum absolute atomic E-state index is 12.9. The van der Waals surface area contributed by atoms with Gasteiger partial charge in [-0.15, -0.1) is 0 Å². The highest BCUT2D eigenvalue weighted by atomic mass is 16.4. The van der Waals surface area contributed by atoms with Gasteiger partial charge in [-0.2, -0.15) is 0 Å². The third-order valence-electron chi connectivity index (χ3n) is 5.71. The zero-order valence-electron chi connectivity index (χ0n) is 16.5. The van der Waals surface area contributed by atoms with E-state index in [0.29, 0.717) is 26.2 Å². The lowest BCUT2D eigenvalue weighted by Gasteiger charge is -2.33. The van der Waals surface area contributed by atoms with Crippen LogP contribution in [0.1, 0.15) is 43.9 Å². The molecule has 1 aromatic rings. The van der Waals surface area contributed by atoms with Crippen molar-refractivity contribution >= 4 is 35.5 Å². The predicted molar refractivity (Wildman–Crippen MR) is 103 cm³/mol. The quantitative estimate of drug-likeness (QED) is 0.577. The Hall–Kier alpha value is -3.60. The first-order chi connectivity index (χ1) is 14.8. The monoisotopic (exact) mass is 428 g/mol. The molecular formula is C20H20N4O7. The number of piperidine rings is 1. The number of benzene rings is 1. The van der Waals surface area contributed by atoms with Crippen LogP contribution in [0, 0.1) is 0 Å². The van der Waals surface area contributed by atoms with Gasteiger partial charge < -0.3 is 10.0 Å². The summed E-state index contributed by atoms with van der Waals surface area (Å²) in [5, 5.41) is 11.0. The predicted octanol–water partition coefficient (Wildman–Crippen LogP) is -1.07. The first kappa shape index (κ1) is 20.7. The summed E-state index contributed by atoms with van der Waals surface area (Å²) in [5.41, 5.74) is 0.388. The van der Waals surface area contributed by atoms with Crippen LogP contribution < -0.4 is 5.32 Å². The lowest BCUT2D eigenvalue weighted by atomic mass is 10.0. The number of hydrogen-bond acceptors (Lipinski definition) is 7. The van der Waals surface area contributed by atoms with E-state index in [0.717, 1.165) is 4.90 Å². The van der Waals surface area contributed by atoms with E-state index in [1.54, 1.807) is 9.80 Å². The average Bonchev–Trinajstić information content (AvgIpc) is 2.98. The fraction of sp³-hybridized carbons (Fsp3) is 0.400. The summed E-state index contributed by atoms with van der Waals surface area (Å²) >= 11 is 0. The molecule has 2 saturated heterocycles. The zero-order valence-corrected chi connectivity index (χ0v) is 16.5. The second-order valence-electron chi connectivity index (χ2n) is 7.67. The van der Waals surface area contributed by atoms with Gasteiger partial charge >= 0.3 is 5.97 Å². The van der Waals surface area contributed by atoms with Gasteiger partial charge in [0.05, 0.1) is 17.7 Å². The Balaban J connectivity index is 1.50. The number of piperazine rings is 1. The molecule has 3 heterocycles. The van der Waals surface area contributed by atoms with E-state index in [2.05, 4.69) is 5.32 Å². The van der Waals surface area contributed by atoms with Gasteiger partial charge in [0.1, 0.15) is 6.04 Å². The summed E-state index contributed by atoms with van der Waals surface area (Å²) in [6.45, 7) is 1.44. The van der Waals surface area contributed by atoms with Crippen LogP contribution in [0.5, 0.6) is 0 Å². The van der Waals surface area contributed by atoms with E-state index >= 15 is 0 Å². The summed E-state index contributed by atoms with van der Waals surface area (Å²) in [6, 6.07) is 3.15. The molecule has 1 unspecified atom stereocenters. The number of rotatable bonds is 4. The molecule has 2 N–H and O–H groups in total. The highest BCUT2D eigenvalue weighted by molar-refractivity contribution is 6.24. The lowest BCUT2D eigenvalue weighted by molar-refractivity contribution is -0.139. The number of amides is 5. The number of hydrogen-bond donors (Lipinski definition) is 2. The SMILES string of the molecule is O=C(O)CN1CCN(C(=O)c2ccc3c(c2)C(=O)N(C2CCC(=O)NC2=O)C3=O)CC1. The number of carbonyl (C=O) groups is 6. The molecule has 0 saturated carbocycles.